The van der Waals surface area contributed by atoms with Crippen LogP contribution in [0.4, 0.5) is 0 Å². The number of imidazole rings is 2. The summed E-state index contributed by atoms with van der Waals surface area (Å²) in [5.41, 5.74) is 6.72. The maximum absolute atomic E-state index is 12.8. The molecule has 0 aliphatic heterocycles. The van der Waals surface area contributed by atoms with E-state index in [0.29, 0.717) is 24.4 Å². The number of benzene rings is 2. The summed E-state index contributed by atoms with van der Waals surface area (Å²) >= 11 is 0. The Hall–Kier alpha value is -4.60. The summed E-state index contributed by atoms with van der Waals surface area (Å²) in [4.78, 5) is 41.3. The zero-order valence-electron chi connectivity index (χ0n) is 25.5. The van der Waals surface area contributed by atoms with Crippen LogP contribution < -0.4 is 20.6 Å². The zero-order chi connectivity index (χ0) is 30.3. The van der Waals surface area contributed by atoms with Crippen LogP contribution in [0, 0.1) is 0 Å². The topological polar surface area (TPSA) is 119 Å². The SMILES string of the molecule is CCc1c(C(C)C)[nH]c2nc3cc(OC)ccc3n2c1=O.CCc1c(C(C)C)[nH]c2nc3ccc(OC)cc3n2c1=O. The minimum Gasteiger partial charge on any atom is -0.497 e. The van der Waals surface area contributed by atoms with Gasteiger partial charge in [0.25, 0.3) is 11.1 Å². The summed E-state index contributed by atoms with van der Waals surface area (Å²) in [6.07, 6.45) is 1.40. The third-order valence-corrected chi connectivity index (χ3v) is 7.65. The lowest BCUT2D eigenvalue weighted by atomic mass is 10.0. The van der Waals surface area contributed by atoms with Crippen molar-refractivity contribution in [3.63, 3.8) is 0 Å². The van der Waals surface area contributed by atoms with Crippen LogP contribution in [-0.4, -0.2) is 43.0 Å². The van der Waals surface area contributed by atoms with E-state index in [1.54, 1.807) is 23.0 Å². The Morgan fingerprint density at radius 2 is 1.17 bits per heavy atom. The van der Waals surface area contributed by atoms with E-state index in [1.165, 1.54) is 0 Å². The number of ether oxygens (including phenoxy) is 2. The normalized spacial score (nSPS) is 11.7. The van der Waals surface area contributed by atoms with Crippen LogP contribution in [0.3, 0.4) is 0 Å². The van der Waals surface area contributed by atoms with E-state index in [4.69, 9.17) is 9.47 Å². The largest absolute Gasteiger partial charge is 0.497 e. The standard InChI is InChI=1S/2C16H19N3O2/c1-5-11-14(9(2)3)18-16-17-12-8-10(21-4)6-7-13(12)19(16)15(11)20;1-5-11-14(9(2)3)18-16-17-12-7-6-10(21-4)8-13(12)19(16)15(11)20/h2*6-9H,5H2,1-4H3,(H,17,18). The molecule has 0 aliphatic rings. The van der Waals surface area contributed by atoms with Gasteiger partial charge in [-0.05, 0) is 48.9 Å². The zero-order valence-corrected chi connectivity index (χ0v) is 25.5. The summed E-state index contributed by atoms with van der Waals surface area (Å²) in [5, 5.41) is 0. The lowest BCUT2D eigenvalue weighted by Gasteiger charge is -2.11. The maximum atomic E-state index is 12.8. The van der Waals surface area contributed by atoms with Crippen molar-refractivity contribution >= 4 is 33.6 Å². The highest BCUT2D eigenvalue weighted by Gasteiger charge is 2.18. The molecular weight excluding hydrogens is 532 g/mol. The molecule has 0 atom stereocenters. The van der Waals surface area contributed by atoms with Gasteiger partial charge in [0.05, 0.1) is 36.3 Å². The minimum atomic E-state index is 0.00528. The summed E-state index contributed by atoms with van der Waals surface area (Å²) < 4.78 is 13.8. The molecule has 0 fully saturated rings. The van der Waals surface area contributed by atoms with E-state index in [9.17, 15) is 9.59 Å². The second-order valence-corrected chi connectivity index (χ2v) is 10.9. The van der Waals surface area contributed by atoms with Gasteiger partial charge in [-0.2, -0.15) is 0 Å². The first-order valence-corrected chi connectivity index (χ1v) is 14.4. The summed E-state index contributed by atoms with van der Waals surface area (Å²) in [7, 11) is 3.23. The fourth-order valence-corrected chi connectivity index (χ4v) is 5.51. The van der Waals surface area contributed by atoms with Crippen LogP contribution in [0.1, 0.15) is 75.9 Å². The first-order valence-electron chi connectivity index (χ1n) is 14.4. The van der Waals surface area contributed by atoms with Gasteiger partial charge in [0.15, 0.2) is 0 Å². The molecule has 0 amide bonds. The predicted molar refractivity (Wildman–Crippen MR) is 167 cm³/mol. The van der Waals surface area contributed by atoms with Crippen LogP contribution in [-0.2, 0) is 12.8 Å². The van der Waals surface area contributed by atoms with Crippen molar-refractivity contribution in [1.29, 1.82) is 0 Å². The number of H-pyrrole nitrogens is 2. The van der Waals surface area contributed by atoms with Gasteiger partial charge in [-0.1, -0.05) is 41.5 Å². The molecule has 2 N–H and O–H groups in total. The third-order valence-electron chi connectivity index (χ3n) is 7.65. The summed E-state index contributed by atoms with van der Waals surface area (Å²) in [6.45, 7) is 12.3. The number of aromatic nitrogens is 6. The van der Waals surface area contributed by atoms with Gasteiger partial charge >= 0.3 is 0 Å². The highest BCUT2D eigenvalue weighted by Crippen LogP contribution is 2.24. The molecule has 6 rings (SSSR count). The second-order valence-electron chi connectivity index (χ2n) is 10.9. The van der Waals surface area contributed by atoms with E-state index in [1.807, 2.05) is 50.2 Å². The number of hydrogen-bond acceptors (Lipinski definition) is 6. The molecule has 0 saturated heterocycles. The fourth-order valence-electron chi connectivity index (χ4n) is 5.51. The Morgan fingerprint density at radius 3 is 1.67 bits per heavy atom. The molecule has 4 heterocycles. The Morgan fingerprint density at radius 1 is 0.690 bits per heavy atom. The Bertz CT molecular complexity index is 2030. The van der Waals surface area contributed by atoms with Gasteiger partial charge in [-0.3, -0.25) is 9.59 Å². The van der Waals surface area contributed by atoms with Crippen molar-refractivity contribution in [3.05, 3.63) is 79.6 Å². The van der Waals surface area contributed by atoms with E-state index < -0.39 is 0 Å². The molecule has 2 aromatic carbocycles. The second kappa shape index (κ2) is 11.3. The Labute approximate surface area is 243 Å². The first kappa shape index (κ1) is 28.9. The van der Waals surface area contributed by atoms with E-state index in [-0.39, 0.29) is 23.0 Å². The van der Waals surface area contributed by atoms with Crippen molar-refractivity contribution < 1.29 is 9.47 Å². The lowest BCUT2D eigenvalue weighted by molar-refractivity contribution is 0.415. The van der Waals surface area contributed by atoms with E-state index in [2.05, 4.69) is 47.6 Å². The molecule has 10 nitrogen and oxygen atoms in total. The minimum absolute atomic E-state index is 0.00528. The lowest BCUT2D eigenvalue weighted by Crippen LogP contribution is -2.22. The molecule has 0 unspecified atom stereocenters. The number of aromatic amines is 2. The number of nitrogens with zero attached hydrogens (tertiary/aromatic N) is 4. The molecule has 220 valence electrons. The van der Waals surface area contributed by atoms with Crippen molar-refractivity contribution in [3.8, 4) is 11.5 Å². The van der Waals surface area contributed by atoms with Crippen LogP contribution in [0.15, 0.2) is 46.0 Å². The van der Waals surface area contributed by atoms with Gasteiger partial charge in [-0.25, -0.2) is 18.8 Å². The number of hydrogen-bond donors (Lipinski definition) is 2. The van der Waals surface area contributed by atoms with E-state index in [0.717, 1.165) is 56.1 Å². The molecule has 0 spiro atoms. The van der Waals surface area contributed by atoms with Crippen molar-refractivity contribution in [2.24, 2.45) is 0 Å². The Balaban J connectivity index is 0.000000168. The molecule has 0 aliphatic carbocycles. The summed E-state index contributed by atoms with van der Waals surface area (Å²) in [6, 6.07) is 11.1. The molecule has 10 heteroatoms. The quantitative estimate of drug-likeness (QED) is 0.264. The van der Waals surface area contributed by atoms with Crippen LogP contribution in [0.25, 0.3) is 33.6 Å². The molecule has 4 aromatic heterocycles. The summed E-state index contributed by atoms with van der Waals surface area (Å²) in [5.74, 6) is 3.14. The van der Waals surface area contributed by atoms with Crippen molar-refractivity contribution in [2.45, 2.75) is 66.2 Å². The monoisotopic (exact) mass is 570 g/mol. The first-order chi connectivity index (χ1) is 20.1. The third kappa shape index (κ3) is 4.80. The Kier molecular flexibility index (Phi) is 7.81. The van der Waals surface area contributed by atoms with E-state index >= 15 is 0 Å². The van der Waals surface area contributed by atoms with Gasteiger partial charge < -0.3 is 19.4 Å². The number of fused-ring (bicyclic) bond motifs is 6. The van der Waals surface area contributed by atoms with Crippen LogP contribution >= 0.6 is 0 Å². The predicted octanol–water partition coefficient (Wildman–Crippen LogP) is 5.74. The smallest absolute Gasteiger partial charge is 0.262 e. The van der Waals surface area contributed by atoms with Crippen molar-refractivity contribution in [1.82, 2.24) is 28.7 Å². The number of methoxy groups -OCH3 is 2. The molecule has 6 aromatic rings. The number of rotatable bonds is 6. The fraction of sp³-hybridized carbons (Fsp3) is 0.375. The molecule has 0 radical (unpaired) electrons. The van der Waals surface area contributed by atoms with Gasteiger partial charge in [0.1, 0.15) is 11.5 Å². The van der Waals surface area contributed by atoms with Crippen LogP contribution in [0.2, 0.25) is 0 Å². The van der Waals surface area contributed by atoms with Gasteiger partial charge in [-0.15, -0.1) is 0 Å². The van der Waals surface area contributed by atoms with Crippen molar-refractivity contribution in [2.75, 3.05) is 14.2 Å². The van der Waals surface area contributed by atoms with Gasteiger partial charge in [0.2, 0.25) is 11.6 Å². The maximum Gasteiger partial charge on any atom is 0.262 e. The average molecular weight is 571 g/mol. The number of nitrogens with one attached hydrogen (secondary N) is 2. The molecular formula is C32H38N6O4. The molecule has 42 heavy (non-hydrogen) atoms. The molecule has 0 saturated carbocycles. The highest BCUT2D eigenvalue weighted by molar-refractivity contribution is 5.82. The highest BCUT2D eigenvalue weighted by atomic mass is 16.5. The van der Waals surface area contributed by atoms with Gasteiger partial charge in [0, 0.05) is 34.6 Å². The van der Waals surface area contributed by atoms with Crippen LogP contribution in [0.5, 0.6) is 11.5 Å². The average Bonchev–Trinajstić information content (AvgIpc) is 3.54. The molecule has 0 bridgehead atoms.